The first-order valence-electron chi connectivity index (χ1n) is 7.28. The van der Waals surface area contributed by atoms with Crippen LogP contribution in [0.5, 0.6) is 0 Å². The van der Waals surface area contributed by atoms with Crippen molar-refractivity contribution in [2.24, 2.45) is 10.4 Å². The van der Waals surface area contributed by atoms with E-state index in [-0.39, 0.29) is 11.0 Å². The quantitative estimate of drug-likeness (QED) is 0.511. The van der Waals surface area contributed by atoms with Gasteiger partial charge in [0.1, 0.15) is 0 Å². The van der Waals surface area contributed by atoms with Crippen LogP contribution >= 0.6 is 15.9 Å². The molecule has 0 aromatic heterocycles. The summed E-state index contributed by atoms with van der Waals surface area (Å²) in [7, 11) is 0. The van der Waals surface area contributed by atoms with Crippen molar-refractivity contribution in [1.29, 1.82) is 0 Å². The number of nitrogens with zero attached hydrogens (tertiary/aromatic N) is 1. The van der Waals surface area contributed by atoms with E-state index >= 15 is 0 Å². The normalized spacial score (nSPS) is 30.7. The Hall–Kier alpha value is -1.15. The predicted octanol–water partition coefficient (Wildman–Crippen LogP) is 6.41. The van der Waals surface area contributed by atoms with Gasteiger partial charge in [-0.25, -0.2) is 0 Å². The smallest absolute Gasteiger partial charge is 0.0892 e. The minimum absolute atomic E-state index is 0.0763. The Balaban J connectivity index is 0.000000579. The van der Waals surface area contributed by atoms with Gasteiger partial charge >= 0.3 is 0 Å². The Kier molecular flexibility index (Phi) is 7.32. The Morgan fingerprint density at radius 3 is 2.19 bits per heavy atom. The summed E-state index contributed by atoms with van der Waals surface area (Å²) in [5.74, 6) is 0. The summed E-state index contributed by atoms with van der Waals surface area (Å²) >= 11 is 3.08. The number of allylic oxidation sites excluding steroid dienone is 4. The Morgan fingerprint density at radius 1 is 1.33 bits per heavy atom. The summed E-state index contributed by atoms with van der Waals surface area (Å²) < 4.78 is 0.979. The molecule has 0 N–H and O–H groups in total. The van der Waals surface area contributed by atoms with Crippen LogP contribution in [0.2, 0.25) is 0 Å². The fraction of sp³-hybridized carbons (Fsp3) is 0.421. The lowest BCUT2D eigenvalue weighted by atomic mass is 9.83. The largest absolute Gasteiger partial charge is 0.278 e. The zero-order chi connectivity index (χ0) is 16.8. The van der Waals surface area contributed by atoms with E-state index in [9.17, 15) is 0 Å². The molecule has 1 aliphatic carbocycles. The third-order valence-electron chi connectivity index (χ3n) is 3.80. The molecule has 2 unspecified atom stereocenters. The molecule has 0 bridgehead atoms. The van der Waals surface area contributed by atoms with Crippen molar-refractivity contribution in [3.63, 3.8) is 0 Å². The lowest BCUT2D eigenvalue weighted by molar-refractivity contribution is 0.590. The van der Waals surface area contributed by atoms with Crippen molar-refractivity contribution in [3.05, 3.63) is 60.2 Å². The van der Waals surface area contributed by atoms with E-state index in [1.807, 2.05) is 39.8 Å². The van der Waals surface area contributed by atoms with Crippen molar-refractivity contribution in [1.82, 2.24) is 0 Å². The van der Waals surface area contributed by atoms with Crippen molar-refractivity contribution < 1.29 is 0 Å². The minimum Gasteiger partial charge on any atom is -0.278 e. The Morgan fingerprint density at radius 2 is 1.81 bits per heavy atom. The molecule has 1 nitrogen and oxygen atoms in total. The molecule has 21 heavy (non-hydrogen) atoms. The molecule has 1 fully saturated rings. The minimum atomic E-state index is -0.0763. The van der Waals surface area contributed by atoms with Crippen LogP contribution in [0.15, 0.2) is 65.2 Å². The van der Waals surface area contributed by atoms with Crippen LogP contribution in [0.1, 0.15) is 41.0 Å². The standard InChI is InChI=1S/C14H17N.C3H5Br.C2H6/c1-6-8-12-10(3)11(4)15-14(7-2)9-13(12,14)5;1-3(2)4;1-2/h6-8H,1-3,9H2,4-5H3;1H2,2H3;1-2H3/b12-8+;;. The maximum absolute atomic E-state index is 4.72. The van der Waals surface area contributed by atoms with Gasteiger partial charge in [0.05, 0.1) is 5.54 Å². The molecule has 2 rings (SSSR count). The zero-order valence-electron chi connectivity index (χ0n) is 14.1. The summed E-state index contributed by atoms with van der Waals surface area (Å²) in [5, 5.41) is 0. The lowest BCUT2D eigenvalue weighted by Gasteiger charge is -2.27. The topological polar surface area (TPSA) is 12.4 Å². The van der Waals surface area contributed by atoms with Crippen LogP contribution in [0.3, 0.4) is 0 Å². The monoisotopic (exact) mass is 349 g/mol. The summed E-state index contributed by atoms with van der Waals surface area (Å²) in [4.78, 5) is 4.72. The van der Waals surface area contributed by atoms with Crippen molar-refractivity contribution in [2.75, 3.05) is 0 Å². The summed E-state index contributed by atoms with van der Waals surface area (Å²) in [5.41, 5.74) is 3.36. The van der Waals surface area contributed by atoms with Crippen LogP contribution in [0.25, 0.3) is 0 Å². The highest BCUT2D eigenvalue weighted by Gasteiger charge is 2.66. The SMILES string of the molecule is C=C(C)Br.C=C/C=C1\C(=C)C(C)=NC2(C=C)CC12C.CC. The molecule has 2 heteroatoms. The second-order valence-electron chi connectivity index (χ2n) is 5.31. The van der Waals surface area contributed by atoms with E-state index in [0.717, 1.165) is 22.2 Å². The highest BCUT2D eigenvalue weighted by Crippen LogP contribution is 2.67. The van der Waals surface area contributed by atoms with E-state index in [2.05, 4.69) is 55.2 Å². The third-order valence-corrected chi connectivity index (χ3v) is 3.80. The van der Waals surface area contributed by atoms with E-state index in [4.69, 9.17) is 4.99 Å². The van der Waals surface area contributed by atoms with E-state index in [1.54, 1.807) is 0 Å². The molecule has 1 saturated carbocycles. The van der Waals surface area contributed by atoms with Crippen LogP contribution in [-0.4, -0.2) is 11.3 Å². The number of hydrogen-bond acceptors (Lipinski definition) is 1. The summed E-state index contributed by atoms with van der Waals surface area (Å²) in [6.45, 7) is 25.4. The molecule has 0 radical (unpaired) electrons. The maximum Gasteiger partial charge on any atom is 0.0892 e. The first-order valence-corrected chi connectivity index (χ1v) is 8.07. The second-order valence-corrected chi connectivity index (χ2v) is 6.66. The summed E-state index contributed by atoms with van der Waals surface area (Å²) in [6, 6.07) is 0. The third kappa shape index (κ3) is 3.94. The molecule has 2 aliphatic rings. The molecule has 0 saturated heterocycles. The predicted molar refractivity (Wildman–Crippen MR) is 101 cm³/mol. The van der Waals surface area contributed by atoms with Gasteiger partial charge in [-0.05, 0) is 35.9 Å². The van der Waals surface area contributed by atoms with Gasteiger partial charge in [0.15, 0.2) is 0 Å². The number of halogens is 1. The lowest BCUT2D eigenvalue weighted by Crippen LogP contribution is -2.25. The van der Waals surface area contributed by atoms with Gasteiger partial charge in [-0.3, -0.25) is 4.99 Å². The van der Waals surface area contributed by atoms with Crippen LogP contribution < -0.4 is 0 Å². The molecule has 0 amide bonds. The van der Waals surface area contributed by atoms with Gasteiger partial charge in [0.25, 0.3) is 0 Å². The molecule has 0 aromatic rings. The van der Waals surface area contributed by atoms with Gasteiger partial charge in [0.2, 0.25) is 0 Å². The Labute approximate surface area is 139 Å². The highest BCUT2D eigenvalue weighted by atomic mass is 79.9. The molecule has 0 aromatic carbocycles. The first kappa shape index (κ1) is 19.9. The van der Waals surface area contributed by atoms with Gasteiger partial charge < -0.3 is 0 Å². The van der Waals surface area contributed by atoms with E-state index in [0.29, 0.717) is 0 Å². The molecule has 116 valence electrons. The molecular weight excluding hydrogens is 322 g/mol. The molecule has 1 heterocycles. The van der Waals surface area contributed by atoms with Gasteiger partial charge in [-0.15, -0.1) is 6.58 Å². The highest BCUT2D eigenvalue weighted by molar-refractivity contribution is 9.11. The van der Waals surface area contributed by atoms with Gasteiger partial charge in [-0.2, -0.15) is 0 Å². The number of aliphatic imine (C=N–C) groups is 1. The van der Waals surface area contributed by atoms with Crippen molar-refractivity contribution >= 4 is 21.6 Å². The number of rotatable bonds is 2. The fourth-order valence-electron chi connectivity index (χ4n) is 2.63. The van der Waals surface area contributed by atoms with Gasteiger partial charge in [0, 0.05) is 11.1 Å². The molecule has 1 aliphatic heterocycles. The average molecular weight is 350 g/mol. The maximum atomic E-state index is 4.72. The molecule has 2 atom stereocenters. The average Bonchev–Trinajstić information content (AvgIpc) is 3.03. The fourth-order valence-corrected chi connectivity index (χ4v) is 2.63. The van der Waals surface area contributed by atoms with Crippen LogP contribution in [0, 0.1) is 5.41 Å². The first-order chi connectivity index (χ1) is 9.74. The summed E-state index contributed by atoms with van der Waals surface area (Å²) in [6.07, 6.45) is 6.90. The molecule has 0 spiro atoms. The zero-order valence-corrected chi connectivity index (χ0v) is 15.7. The number of fused-ring (bicyclic) bond motifs is 1. The van der Waals surface area contributed by atoms with E-state index in [1.165, 1.54) is 5.57 Å². The van der Waals surface area contributed by atoms with Crippen molar-refractivity contribution in [3.8, 4) is 0 Å². The molecular formula is C19H28BrN. The second kappa shape index (κ2) is 7.74. The van der Waals surface area contributed by atoms with E-state index < -0.39 is 0 Å². The van der Waals surface area contributed by atoms with Crippen LogP contribution in [0.4, 0.5) is 0 Å². The van der Waals surface area contributed by atoms with Crippen LogP contribution in [-0.2, 0) is 0 Å². The Bertz CT molecular complexity index is 506. The van der Waals surface area contributed by atoms with Crippen molar-refractivity contribution in [2.45, 2.75) is 46.6 Å². The van der Waals surface area contributed by atoms with Gasteiger partial charge in [-0.1, -0.05) is 74.7 Å². The number of hydrogen-bond donors (Lipinski definition) is 0.